The van der Waals surface area contributed by atoms with Crippen LogP contribution in [0.15, 0.2) is 18.2 Å². The Morgan fingerprint density at radius 3 is 2.60 bits per heavy atom. The summed E-state index contributed by atoms with van der Waals surface area (Å²) in [5, 5.41) is 11.7. The number of hydrogen-bond acceptors (Lipinski definition) is 4. The summed E-state index contributed by atoms with van der Waals surface area (Å²) < 4.78 is 5.03. The smallest absolute Gasteiger partial charge is 0.326 e. The second-order valence-electron chi connectivity index (χ2n) is 4.63. The van der Waals surface area contributed by atoms with Crippen molar-refractivity contribution in [2.45, 2.75) is 26.3 Å². The van der Waals surface area contributed by atoms with Crippen LogP contribution in [-0.4, -0.2) is 30.1 Å². The first-order valence-corrected chi connectivity index (χ1v) is 6.37. The minimum Gasteiger partial charge on any atom is -0.497 e. The number of carbonyl (C=O) groups excluding carboxylic acids is 1. The number of rotatable bonds is 6. The Labute approximate surface area is 117 Å². The molecule has 1 rings (SSSR count). The molecule has 2 atom stereocenters. The van der Waals surface area contributed by atoms with Gasteiger partial charge in [-0.1, -0.05) is 20.3 Å². The number of carbonyl (C=O) groups is 2. The molecule has 1 aromatic rings. The summed E-state index contributed by atoms with van der Waals surface area (Å²) in [4.78, 5) is 23.4. The molecule has 0 aliphatic carbocycles. The van der Waals surface area contributed by atoms with Gasteiger partial charge in [0.25, 0.3) is 5.91 Å². The van der Waals surface area contributed by atoms with Crippen LogP contribution in [0.2, 0.25) is 0 Å². The quantitative estimate of drug-likeness (QED) is 0.685. The number of hydrogen-bond donors (Lipinski definition) is 3. The minimum atomic E-state index is -1.06. The second-order valence-corrected chi connectivity index (χ2v) is 4.63. The van der Waals surface area contributed by atoms with Gasteiger partial charge in [0.15, 0.2) is 0 Å². The zero-order chi connectivity index (χ0) is 15.3. The molecule has 0 unspecified atom stereocenters. The van der Waals surface area contributed by atoms with Crippen LogP contribution in [0.25, 0.3) is 0 Å². The number of nitrogens with one attached hydrogen (secondary N) is 1. The fourth-order valence-electron chi connectivity index (χ4n) is 1.76. The summed E-state index contributed by atoms with van der Waals surface area (Å²) in [6.07, 6.45) is 0.644. The van der Waals surface area contributed by atoms with Gasteiger partial charge in [-0.3, -0.25) is 4.79 Å². The van der Waals surface area contributed by atoms with Crippen molar-refractivity contribution >= 4 is 17.6 Å². The number of carboxylic acid groups (broad SMARTS) is 1. The number of amides is 1. The topological polar surface area (TPSA) is 102 Å². The molecule has 0 heterocycles. The lowest BCUT2D eigenvalue weighted by molar-refractivity contribution is -0.140. The van der Waals surface area contributed by atoms with Gasteiger partial charge in [0.1, 0.15) is 11.8 Å². The van der Waals surface area contributed by atoms with Crippen molar-refractivity contribution in [2.75, 3.05) is 12.8 Å². The van der Waals surface area contributed by atoms with E-state index in [2.05, 4.69) is 5.32 Å². The average Bonchev–Trinajstić information content (AvgIpc) is 2.43. The molecular weight excluding hydrogens is 260 g/mol. The highest BCUT2D eigenvalue weighted by molar-refractivity contribution is 6.01. The third-order valence-corrected chi connectivity index (χ3v) is 3.27. The van der Waals surface area contributed by atoms with Crippen molar-refractivity contribution in [3.63, 3.8) is 0 Å². The van der Waals surface area contributed by atoms with E-state index in [1.807, 2.05) is 6.92 Å². The van der Waals surface area contributed by atoms with E-state index in [4.69, 9.17) is 15.6 Å². The summed E-state index contributed by atoms with van der Waals surface area (Å²) in [6, 6.07) is 3.72. The van der Waals surface area contributed by atoms with E-state index in [-0.39, 0.29) is 17.2 Å². The molecule has 6 heteroatoms. The van der Waals surface area contributed by atoms with Gasteiger partial charge in [0.2, 0.25) is 0 Å². The molecule has 0 spiro atoms. The third-order valence-electron chi connectivity index (χ3n) is 3.27. The van der Waals surface area contributed by atoms with Crippen molar-refractivity contribution in [1.29, 1.82) is 0 Å². The Bertz CT molecular complexity index is 502. The first kappa shape index (κ1) is 15.8. The molecule has 0 saturated carbocycles. The number of benzene rings is 1. The minimum absolute atomic E-state index is 0.178. The van der Waals surface area contributed by atoms with Crippen LogP contribution in [0, 0.1) is 5.92 Å². The predicted octanol–water partition coefficient (Wildman–Crippen LogP) is 1.51. The van der Waals surface area contributed by atoms with Crippen LogP contribution in [0.4, 0.5) is 5.69 Å². The lowest BCUT2D eigenvalue weighted by atomic mass is 9.98. The number of carboxylic acids is 1. The fraction of sp³-hybridized carbons (Fsp3) is 0.429. The maximum Gasteiger partial charge on any atom is 0.326 e. The molecule has 4 N–H and O–H groups in total. The third kappa shape index (κ3) is 3.63. The van der Waals surface area contributed by atoms with E-state index < -0.39 is 17.9 Å². The predicted molar refractivity (Wildman–Crippen MR) is 75.8 cm³/mol. The molecule has 1 aromatic carbocycles. The van der Waals surface area contributed by atoms with Crippen molar-refractivity contribution in [3.05, 3.63) is 23.8 Å². The molecule has 20 heavy (non-hydrogen) atoms. The van der Waals surface area contributed by atoms with Crippen LogP contribution in [0.3, 0.4) is 0 Å². The average molecular weight is 280 g/mol. The van der Waals surface area contributed by atoms with Gasteiger partial charge in [-0.2, -0.15) is 0 Å². The molecule has 0 radical (unpaired) electrons. The van der Waals surface area contributed by atoms with Gasteiger partial charge in [-0.15, -0.1) is 0 Å². The van der Waals surface area contributed by atoms with Crippen LogP contribution >= 0.6 is 0 Å². The molecule has 0 aliphatic heterocycles. The van der Waals surface area contributed by atoms with E-state index >= 15 is 0 Å². The molecule has 1 amide bonds. The highest BCUT2D eigenvalue weighted by Crippen LogP contribution is 2.20. The van der Waals surface area contributed by atoms with Gasteiger partial charge in [0.05, 0.1) is 12.7 Å². The van der Waals surface area contributed by atoms with Gasteiger partial charge >= 0.3 is 5.97 Å². The van der Waals surface area contributed by atoms with Crippen molar-refractivity contribution in [1.82, 2.24) is 5.32 Å². The molecule has 0 fully saturated rings. The number of nitrogen functional groups attached to an aromatic ring is 1. The standard InChI is InChI=1S/C14H20N2O4/c1-4-8(2)12(14(18)19)16-13(17)10-7-9(20-3)5-6-11(10)15/h5-8,12H,4,15H2,1-3H3,(H,16,17)(H,18,19)/t8-,12-/m0/s1. The number of anilines is 1. The Morgan fingerprint density at radius 1 is 1.45 bits per heavy atom. The highest BCUT2D eigenvalue weighted by atomic mass is 16.5. The van der Waals surface area contributed by atoms with Crippen molar-refractivity contribution < 1.29 is 19.4 Å². The Hall–Kier alpha value is -2.24. The maximum absolute atomic E-state index is 12.2. The molecule has 0 aliphatic rings. The zero-order valence-corrected chi connectivity index (χ0v) is 11.8. The largest absolute Gasteiger partial charge is 0.497 e. The number of aliphatic carboxylic acids is 1. The summed E-state index contributed by atoms with van der Waals surface area (Å²) >= 11 is 0. The van der Waals surface area contributed by atoms with Gasteiger partial charge in [0, 0.05) is 5.69 Å². The summed E-state index contributed by atoms with van der Waals surface area (Å²) in [6.45, 7) is 3.64. The van der Waals surface area contributed by atoms with Crippen LogP contribution in [0.5, 0.6) is 5.75 Å². The summed E-state index contributed by atoms with van der Waals surface area (Å²) in [5.41, 5.74) is 6.22. The maximum atomic E-state index is 12.2. The van der Waals surface area contributed by atoms with Crippen LogP contribution in [-0.2, 0) is 4.79 Å². The van der Waals surface area contributed by atoms with Crippen LogP contribution in [0.1, 0.15) is 30.6 Å². The first-order chi connectivity index (χ1) is 9.40. The zero-order valence-electron chi connectivity index (χ0n) is 11.8. The first-order valence-electron chi connectivity index (χ1n) is 6.37. The van der Waals surface area contributed by atoms with E-state index in [0.717, 1.165) is 0 Å². The number of ether oxygens (including phenoxy) is 1. The lowest BCUT2D eigenvalue weighted by Gasteiger charge is -2.20. The molecule has 0 saturated heterocycles. The van der Waals surface area contributed by atoms with Gasteiger partial charge in [-0.05, 0) is 24.1 Å². The number of methoxy groups -OCH3 is 1. The van der Waals surface area contributed by atoms with E-state index in [9.17, 15) is 9.59 Å². The Kier molecular flexibility index (Phi) is 5.37. The summed E-state index contributed by atoms with van der Waals surface area (Å²) in [7, 11) is 1.48. The Morgan fingerprint density at radius 2 is 2.10 bits per heavy atom. The van der Waals surface area contributed by atoms with E-state index in [0.29, 0.717) is 12.2 Å². The number of nitrogens with two attached hydrogens (primary N) is 1. The molecule has 0 bridgehead atoms. The fourth-order valence-corrected chi connectivity index (χ4v) is 1.76. The monoisotopic (exact) mass is 280 g/mol. The molecular formula is C14H20N2O4. The van der Waals surface area contributed by atoms with Crippen LogP contribution < -0.4 is 15.8 Å². The van der Waals surface area contributed by atoms with Gasteiger partial charge in [-0.25, -0.2) is 4.79 Å². The molecule has 0 aromatic heterocycles. The van der Waals surface area contributed by atoms with Crippen molar-refractivity contribution in [3.8, 4) is 5.75 Å². The lowest BCUT2D eigenvalue weighted by Crippen LogP contribution is -2.45. The Balaban J connectivity index is 2.97. The van der Waals surface area contributed by atoms with Gasteiger partial charge < -0.3 is 20.9 Å². The van der Waals surface area contributed by atoms with E-state index in [1.165, 1.54) is 13.2 Å². The summed E-state index contributed by atoms with van der Waals surface area (Å²) in [5.74, 6) is -1.27. The molecule has 110 valence electrons. The molecule has 6 nitrogen and oxygen atoms in total. The SMILES string of the molecule is CC[C@H](C)[C@H](NC(=O)c1cc(OC)ccc1N)C(=O)O. The second kappa shape index (κ2) is 6.79. The van der Waals surface area contributed by atoms with E-state index in [1.54, 1.807) is 19.1 Å². The highest BCUT2D eigenvalue weighted by Gasteiger charge is 2.26. The van der Waals surface area contributed by atoms with Crippen molar-refractivity contribution in [2.24, 2.45) is 5.92 Å². The normalized spacial score (nSPS) is 13.3.